The molecule has 0 radical (unpaired) electrons. The van der Waals surface area contributed by atoms with Crippen molar-refractivity contribution in [3.05, 3.63) is 95.8 Å². The third-order valence-corrected chi connectivity index (χ3v) is 6.34. The van der Waals surface area contributed by atoms with Crippen molar-refractivity contribution in [2.75, 3.05) is 19.0 Å². The van der Waals surface area contributed by atoms with Gasteiger partial charge < -0.3 is 15.0 Å². The molecule has 180 valence electrons. The Labute approximate surface area is 209 Å². The SMILES string of the molecule is COc1ccc(CN2C(=S)N(CCc3ccccc3)C(=O)C2CC(=O)Nc2ccc(F)cc2)cc1. The first-order valence-electron chi connectivity index (χ1n) is 11.3. The Balaban J connectivity index is 1.51. The van der Waals surface area contributed by atoms with Crippen molar-refractivity contribution in [1.82, 2.24) is 9.80 Å². The van der Waals surface area contributed by atoms with Gasteiger partial charge in [-0.3, -0.25) is 14.5 Å². The van der Waals surface area contributed by atoms with E-state index in [1.54, 1.807) is 16.9 Å². The number of methoxy groups -OCH3 is 1. The van der Waals surface area contributed by atoms with Crippen molar-refractivity contribution >= 4 is 34.8 Å². The van der Waals surface area contributed by atoms with Gasteiger partial charge in [-0.15, -0.1) is 0 Å². The number of nitrogens with zero attached hydrogens (tertiary/aromatic N) is 2. The first kappa shape index (κ1) is 24.3. The van der Waals surface area contributed by atoms with Gasteiger partial charge in [0.05, 0.1) is 13.5 Å². The van der Waals surface area contributed by atoms with Crippen LogP contribution in [0.1, 0.15) is 17.5 Å². The summed E-state index contributed by atoms with van der Waals surface area (Å²) in [5, 5.41) is 3.14. The fraction of sp³-hybridized carbons (Fsp3) is 0.222. The monoisotopic (exact) mass is 491 g/mol. The van der Waals surface area contributed by atoms with Gasteiger partial charge in [0.1, 0.15) is 17.6 Å². The molecule has 3 aromatic rings. The third kappa shape index (κ3) is 6.02. The van der Waals surface area contributed by atoms with Crippen LogP contribution in [-0.2, 0) is 22.6 Å². The Bertz CT molecular complexity index is 1190. The van der Waals surface area contributed by atoms with Crippen LogP contribution in [0.15, 0.2) is 78.9 Å². The lowest BCUT2D eigenvalue weighted by atomic mass is 10.1. The van der Waals surface area contributed by atoms with Crippen LogP contribution < -0.4 is 10.1 Å². The Kier molecular flexibility index (Phi) is 7.72. The van der Waals surface area contributed by atoms with Crippen molar-refractivity contribution in [2.24, 2.45) is 0 Å². The molecule has 0 saturated carbocycles. The van der Waals surface area contributed by atoms with E-state index in [-0.39, 0.29) is 24.1 Å². The maximum absolute atomic E-state index is 13.4. The van der Waals surface area contributed by atoms with E-state index < -0.39 is 6.04 Å². The minimum absolute atomic E-state index is 0.0751. The number of hydrogen-bond acceptors (Lipinski definition) is 4. The molecule has 1 saturated heterocycles. The summed E-state index contributed by atoms with van der Waals surface area (Å²) in [5.41, 5.74) is 2.50. The predicted molar refractivity (Wildman–Crippen MR) is 136 cm³/mol. The van der Waals surface area contributed by atoms with Crippen LogP contribution in [-0.4, -0.2) is 46.4 Å². The smallest absolute Gasteiger partial charge is 0.252 e. The van der Waals surface area contributed by atoms with Gasteiger partial charge in [0.15, 0.2) is 5.11 Å². The number of ether oxygens (including phenoxy) is 1. The maximum atomic E-state index is 13.4. The number of rotatable bonds is 9. The third-order valence-electron chi connectivity index (χ3n) is 5.89. The second kappa shape index (κ2) is 11.1. The number of anilines is 1. The number of nitrogens with one attached hydrogen (secondary N) is 1. The highest BCUT2D eigenvalue weighted by Gasteiger charge is 2.43. The summed E-state index contributed by atoms with van der Waals surface area (Å²) in [4.78, 5) is 29.6. The summed E-state index contributed by atoms with van der Waals surface area (Å²) in [6, 6.07) is 22.2. The average molecular weight is 492 g/mol. The molecular weight excluding hydrogens is 465 g/mol. The number of amides is 2. The molecule has 1 N–H and O–H groups in total. The van der Waals surface area contributed by atoms with Gasteiger partial charge >= 0.3 is 0 Å². The van der Waals surface area contributed by atoms with E-state index in [1.165, 1.54) is 24.3 Å². The van der Waals surface area contributed by atoms with Crippen LogP contribution in [0.25, 0.3) is 0 Å². The van der Waals surface area contributed by atoms with E-state index in [4.69, 9.17) is 17.0 Å². The highest BCUT2D eigenvalue weighted by Crippen LogP contribution is 2.25. The fourth-order valence-electron chi connectivity index (χ4n) is 4.01. The topological polar surface area (TPSA) is 61.9 Å². The van der Waals surface area contributed by atoms with Crippen molar-refractivity contribution in [3.63, 3.8) is 0 Å². The van der Waals surface area contributed by atoms with Crippen LogP contribution in [0.4, 0.5) is 10.1 Å². The number of hydrogen-bond donors (Lipinski definition) is 1. The Morgan fingerprint density at radius 3 is 2.34 bits per heavy atom. The van der Waals surface area contributed by atoms with Crippen LogP contribution in [0, 0.1) is 5.82 Å². The molecule has 1 unspecified atom stereocenters. The van der Waals surface area contributed by atoms with E-state index in [0.29, 0.717) is 30.3 Å². The number of thiocarbonyl (C=S) groups is 1. The molecule has 0 aliphatic carbocycles. The zero-order chi connectivity index (χ0) is 24.8. The second-order valence-electron chi connectivity index (χ2n) is 8.26. The highest BCUT2D eigenvalue weighted by molar-refractivity contribution is 7.80. The molecule has 6 nitrogen and oxygen atoms in total. The number of benzene rings is 3. The predicted octanol–water partition coefficient (Wildman–Crippen LogP) is 4.40. The lowest BCUT2D eigenvalue weighted by Crippen LogP contribution is -2.37. The molecule has 1 fully saturated rings. The molecule has 3 aromatic carbocycles. The van der Waals surface area contributed by atoms with Gasteiger partial charge in [-0.05, 0) is 66.2 Å². The van der Waals surface area contributed by atoms with Gasteiger partial charge in [0, 0.05) is 18.8 Å². The fourth-order valence-corrected chi connectivity index (χ4v) is 4.38. The summed E-state index contributed by atoms with van der Waals surface area (Å²) >= 11 is 5.71. The minimum atomic E-state index is -0.735. The summed E-state index contributed by atoms with van der Waals surface area (Å²) in [7, 11) is 1.60. The molecule has 35 heavy (non-hydrogen) atoms. The molecule has 2 amide bonds. The van der Waals surface area contributed by atoms with E-state index >= 15 is 0 Å². The van der Waals surface area contributed by atoms with Crippen LogP contribution >= 0.6 is 12.2 Å². The van der Waals surface area contributed by atoms with E-state index in [9.17, 15) is 14.0 Å². The van der Waals surface area contributed by atoms with Gasteiger partial charge in [0.2, 0.25) is 5.91 Å². The Hall–Kier alpha value is -3.78. The van der Waals surface area contributed by atoms with Gasteiger partial charge in [-0.2, -0.15) is 0 Å². The van der Waals surface area contributed by atoms with Crippen molar-refractivity contribution in [2.45, 2.75) is 25.4 Å². The highest BCUT2D eigenvalue weighted by atomic mass is 32.1. The quantitative estimate of drug-likeness (QED) is 0.450. The first-order valence-corrected chi connectivity index (χ1v) is 11.7. The molecule has 1 heterocycles. The molecule has 0 aromatic heterocycles. The summed E-state index contributed by atoms with van der Waals surface area (Å²) < 4.78 is 18.4. The molecule has 0 spiro atoms. The lowest BCUT2D eigenvalue weighted by Gasteiger charge is -2.24. The van der Waals surface area contributed by atoms with Gasteiger partial charge in [0.25, 0.3) is 5.91 Å². The first-order chi connectivity index (χ1) is 16.9. The van der Waals surface area contributed by atoms with Crippen LogP contribution in [0.3, 0.4) is 0 Å². The minimum Gasteiger partial charge on any atom is -0.497 e. The number of carbonyl (C=O) groups excluding carboxylic acids is 2. The molecule has 0 bridgehead atoms. The van der Waals surface area contributed by atoms with Gasteiger partial charge in [-0.25, -0.2) is 4.39 Å². The molecule has 1 aliphatic heterocycles. The van der Waals surface area contributed by atoms with Gasteiger partial charge in [-0.1, -0.05) is 42.5 Å². The van der Waals surface area contributed by atoms with E-state index in [1.807, 2.05) is 54.6 Å². The molecule has 8 heteroatoms. The normalized spacial score (nSPS) is 15.4. The molecule has 4 rings (SSSR count). The van der Waals surface area contributed by atoms with E-state index in [2.05, 4.69) is 5.32 Å². The van der Waals surface area contributed by atoms with E-state index in [0.717, 1.165) is 16.9 Å². The summed E-state index contributed by atoms with van der Waals surface area (Å²) in [5.74, 6) is -0.205. The standard InChI is InChI=1S/C27H26FN3O3S/c1-34-23-13-7-20(8-14-23)18-31-24(17-25(32)29-22-11-9-21(28)10-12-22)26(33)30(27(31)35)16-15-19-5-3-2-4-6-19/h2-14,24H,15-18H2,1H3,(H,29,32). The average Bonchev–Trinajstić information content (AvgIpc) is 3.08. The molecule has 1 aliphatic rings. The van der Waals surface area contributed by atoms with Crippen molar-refractivity contribution < 1.29 is 18.7 Å². The zero-order valence-corrected chi connectivity index (χ0v) is 20.1. The largest absolute Gasteiger partial charge is 0.497 e. The Morgan fingerprint density at radius 1 is 1.00 bits per heavy atom. The lowest BCUT2D eigenvalue weighted by molar-refractivity contribution is -0.130. The maximum Gasteiger partial charge on any atom is 0.252 e. The number of carbonyl (C=O) groups is 2. The Morgan fingerprint density at radius 2 is 1.69 bits per heavy atom. The second-order valence-corrected chi connectivity index (χ2v) is 8.62. The summed E-state index contributed by atoms with van der Waals surface area (Å²) in [6.07, 6.45) is 0.575. The van der Waals surface area contributed by atoms with Crippen LogP contribution in [0.2, 0.25) is 0 Å². The zero-order valence-electron chi connectivity index (χ0n) is 19.3. The summed E-state index contributed by atoms with van der Waals surface area (Å²) in [6.45, 7) is 0.807. The molecule has 1 atom stereocenters. The number of halogens is 1. The van der Waals surface area contributed by atoms with Crippen LogP contribution in [0.5, 0.6) is 5.75 Å². The van der Waals surface area contributed by atoms with Crippen molar-refractivity contribution in [3.8, 4) is 5.75 Å². The molecular formula is C27H26FN3O3S. The van der Waals surface area contributed by atoms with Crippen molar-refractivity contribution in [1.29, 1.82) is 0 Å².